The van der Waals surface area contributed by atoms with Gasteiger partial charge in [0.15, 0.2) is 0 Å². The summed E-state index contributed by atoms with van der Waals surface area (Å²) in [7, 11) is 0. The third kappa shape index (κ3) is 3.47. The molecule has 6 heteroatoms. The van der Waals surface area contributed by atoms with E-state index in [1.165, 1.54) is 36.4 Å². The van der Waals surface area contributed by atoms with Crippen molar-refractivity contribution in [2.45, 2.75) is 0 Å². The molecular weight excluding hydrogens is 356 g/mol. The van der Waals surface area contributed by atoms with Crippen LogP contribution >= 0.6 is 39.1 Å². The fourth-order valence-electron chi connectivity index (χ4n) is 1.43. The van der Waals surface area contributed by atoms with Crippen LogP contribution in [0.25, 0.3) is 0 Å². The van der Waals surface area contributed by atoms with E-state index in [1.807, 2.05) is 0 Å². The van der Waals surface area contributed by atoms with E-state index in [2.05, 4.69) is 21.2 Å². The molecule has 2 nitrogen and oxygen atoms in total. The van der Waals surface area contributed by atoms with Crippen LogP contribution in [-0.4, -0.2) is 5.91 Å². The number of halogens is 4. The van der Waals surface area contributed by atoms with Gasteiger partial charge in [-0.1, -0.05) is 23.2 Å². The van der Waals surface area contributed by atoms with Crippen LogP contribution in [0.4, 0.5) is 10.1 Å². The molecule has 2 rings (SSSR count). The number of anilines is 1. The van der Waals surface area contributed by atoms with Crippen LogP contribution in [0.1, 0.15) is 10.4 Å². The first-order chi connectivity index (χ1) is 8.97. The Hall–Kier alpha value is -1.10. The Labute approximate surface area is 127 Å². The minimum absolute atomic E-state index is 0.285. The standard InChI is InChI=1S/C13H7BrCl2FNO/c14-9-3-2-8(17)6-12(9)18-13(19)7-1-4-10(15)11(16)5-7/h1-6H,(H,18,19). The first-order valence-electron chi connectivity index (χ1n) is 5.19. The number of carbonyl (C=O) groups excluding carboxylic acids is 1. The molecule has 0 saturated heterocycles. The highest BCUT2D eigenvalue weighted by Gasteiger charge is 2.10. The molecular formula is C13H7BrCl2FNO. The van der Waals surface area contributed by atoms with Crippen LogP contribution < -0.4 is 5.32 Å². The molecule has 98 valence electrons. The lowest BCUT2D eigenvalue weighted by Crippen LogP contribution is -2.12. The molecule has 0 fully saturated rings. The summed E-state index contributed by atoms with van der Waals surface area (Å²) < 4.78 is 13.7. The van der Waals surface area contributed by atoms with E-state index in [0.29, 0.717) is 20.7 Å². The topological polar surface area (TPSA) is 29.1 Å². The van der Waals surface area contributed by atoms with Gasteiger partial charge in [0, 0.05) is 10.0 Å². The summed E-state index contributed by atoms with van der Waals surface area (Å²) in [6, 6.07) is 8.54. The van der Waals surface area contributed by atoms with E-state index in [-0.39, 0.29) is 5.02 Å². The molecule has 0 aliphatic rings. The third-order valence-corrected chi connectivity index (χ3v) is 3.79. The number of amides is 1. The number of nitrogens with one attached hydrogen (secondary N) is 1. The average Bonchev–Trinajstić information content (AvgIpc) is 2.37. The molecule has 0 unspecified atom stereocenters. The van der Waals surface area contributed by atoms with Gasteiger partial charge in [-0.3, -0.25) is 4.79 Å². The van der Waals surface area contributed by atoms with Crippen molar-refractivity contribution in [2.75, 3.05) is 5.32 Å². The van der Waals surface area contributed by atoms with E-state index >= 15 is 0 Å². The van der Waals surface area contributed by atoms with Crippen molar-refractivity contribution in [3.63, 3.8) is 0 Å². The number of carbonyl (C=O) groups is 1. The quantitative estimate of drug-likeness (QED) is 0.786. The predicted molar refractivity (Wildman–Crippen MR) is 78.5 cm³/mol. The van der Waals surface area contributed by atoms with Gasteiger partial charge in [0.2, 0.25) is 0 Å². The van der Waals surface area contributed by atoms with E-state index < -0.39 is 11.7 Å². The van der Waals surface area contributed by atoms with Crippen LogP contribution in [0.2, 0.25) is 10.0 Å². The normalized spacial score (nSPS) is 10.3. The smallest absolute Gasteiger partial charge is 0.255 e. The van der Waals surface area contributed by atoms with Crippen LogP contribution in [0.15, 0.2) is 40.9 Å². The SMILES string of the molecule is O=C(Nc1cc(F)ccc1Br)c1ccc(Cl)c(Cl)c1. The first-order valence-corrected chi connectivity index (χ1v) is 6.74. The fraction of sp³-hybridized carbons (Fsp3) is 0. The Kier molecular flexibility index (Phi) is 4.45. The van der Waals surface area contributed by atoms with Gasteiger partial charge in [0.25, 0.3) is 5.91 Å². The molecule has 1 N–H and O–H groups in total. The minimum Gasteiger partial charge on any atom is -0.321 e. The van der Waals surface area contributed by atoms with E-state index in [4.69, 9.17) is 23.2 Å². The maximum absolute atomic E-state index is 13.1. The van der Waals surface area contributed by atoms with Gasteiger partial charge in [0.1, 0.15) is 5.82 Å². The molecule has 2 aromatic rings. The number of hydrogen-bond donors (Lipinski definition) is 1. The molecule has 0 spiro atoms. The Balaban J connectivity index is 2.25. The summed E-state index contributed by atoms with van der Waals surface area (Å²) in [5.41, 5.74) is 0.682. The van der Waals surface area contributed by atoms with Crippen LogP contribution in [0.3, 0.4) is 0 Å². The van der Waals surface area contributed by atoms with Crippen molar-refractivity contribution in [3.05, 3.63) is 62.3 Å². The summed E-state index contributed by atoms with van der Waals surface area (Å²) in [6.07, 6.45) is 0. The Morgan fingerprint density at radius 2 is 1.84 bits per heavy atom. The molecule has 0 aliphatic carbocycles. The Bertz CT molecular complexity index is 649. The summed E-state index contributed by atoms with van der Waals surface area (Å²) in [5.74, 6) is -0.836. The largest absolute Gasteiger partial charge is 0.321 e. The second-order valence-corrected chi connectivity index (χ2v) is 5.38. The second-order valence-electron chi connectivity index (χ2n) is 3.71. The summed E-state index contributed by atoms with van der Waals surface area (Å²) in [5, 5.41) is 3.24. The molecule has 0 heterocycles. The second kappa shape index (κ2) is 5.90. The van der Waals surface area contributed by atoms with Crippen molar-refractivity contribution in [2.24, 2.45) is 0 Å². The summed E-state index contributed by atoms with van der Waals surface area (Å²) in [4.78, 5) is 12.0. The highest BCUT2D eigenvalue weighted by molar-refractivity contribution is 9.10. The van der Waals surface area contributed by atoms with Gasteiger partial charge in [0.05, 0.1) is 15.7 Å². The van der Waals surface area contributed by atoms with Crippen molar-refractivity contribution in [1.29, 1.82) is 0 Å². The number of benzene rings is 2. The number of rotatable bonds is 2. The van der Waals surface area contributed by atoms with Crippen LogP contribution in [0, 0.1) is 5.82 Å². The Morgan fingerprint density at radius 3 is 2.53 bits per heavy atom. The molecule has 1 amide bonds. The highest BCUT2D eigenvalue weighted by atomic mass is 79.9. The monoisotopic (exact) mass is 361 g/mol. The van der Waals surface area contributed by atoms with Gasteiger partial charge >= 0.3 is 0 Å². The highest BCUT2D eigenvalue weighted by Crippen LogP contribution is 2.25. The van der Waals surface area contributed by atoms with Gasteiger partial charge < -0.3 is 5.32 Å². The first kappa shape index (κ1) is 14.3. The average molecular weight is 363 g/mol. The Morgan fingerprint density at radius 1 is 1.11 bits per heavy atom. The predicted octanol–water partition coefficient (Wildman–Crippen LogP) is 5.15. The maximum Gasteiger partial charge on any atom is 0.255 e. The summed E-state index contributed by atoms with van der Waals surface area (Å²) >= 11 is 14.8. The molecule has 19 heavy (non-hydrogen) atoms. The lowest BCUT2D eigenvalue weighted by Gasteiger charge is -2.08. The zero-order valence-corrected chi connectivity index (χ0v) is 12.5. The van der Waals surface area contributed by atoms with Gasteiger partial charge in [-0.25, -0.2) is 4.39 Å². The van der Waals surface area contributed by atoms with Crippen LogP contribution in [-0.2, 0) is 0 Å². The molecule has 2 aromatic carbocycles. The molecule has 0 bridgehead atoms. The van der Waals surface area contributed by atoms with Crippen LogP contribution in [0.5, 0.6) is 0 Å². The zero-order valence-electron chi connectivity index (χ0n) is 9.38. The minimum atomic E-state index is -0.437. The van der Waals surface area contributed by atoms with Crippen molar-refractivity contribution in [3.8, 4) is 0 Å². The maximum atomic E-state index is 13.1. The third-order valence-electron chi connectivity index (χ3n) is 2.36. The fourth-order valence-corrected chi connectivity index (χ4v) is 2.07. The molecule has 0 aliphatic heterocycles. The molecule has 0 radical (unpaired) electrons. The van der Waals surface area contributed by atoms with Gasteiger partial charge in [-0.15, -0.1) is 0 Å². The zero-order chi connectivity index (χ0) is 14.0. The molecule has 0 saturated carbocycles. The number of hydrogen-bond acceptors (Lipinski definition) is 1. The lowest BCUT2D eigenvalue weighted by molar-refractivity contribution is 0.102. The molecule has 0 atom stereocenters. The van der Waals surface area contributed by atoms with Gasteiger partial charge in [-0.2, -0.15) is 0 Å². The van der Waals surface area contributed by atoms with E-state index in [1.54, 1.807) is 0 Å². The summed E-state index contributed by atoms with van der Waals surface area (Å²) in [6.45, 7) is 0. The van der Waals surface area contributed by atoms with Crippen molar-refractivity contribution in [1.82, 2.24) is 0 Å². The van der Waals surface area contributed by atoms with Crippen molar-refractivity contribution < 1.29 is 9.18 Å². The molecule has 0 aromatic heterocycles. The lowest BCUT2D eigenvalue weighted by atomic mass is 10.2. The van der Waals surface area contributed by atoms with E-state index in [9.17, 15) is 9.18 Å². The van der Waals surface area contributed by atoms with Gasteiger partial charge in [-0.05, 0) is 52.3 Å². The van der Waals surface area contributed by atoms with Crippen molar-refractivity contribution >= 4 is 50.7 Å². The van der Waals surface area contributed by atoms with E-state index in [0.717, 1.165) is 0 Å².